The molecule has 3 unspecified atom stereocenters. The van der Waals surface area contributed by atoms with E-state index in [1.807, 2.05) is 6.92 Å². The van der Waals surface area contributed by atoms with Crippen molar-refractivity contribution in [3.05, 3.63) is 0 Å². The standard InChI is InChI=1S/C29H48O5/c1-8-26(4)11-9-12-27(5)19(26)10-13-28(6)20(27)15-22(34-17(3)30)29(7)21(28)14-18(31)23-16(2)33-25(32)24(23)29/h16,18-25,31-32H,8-15H2,1-7H3/t16-,18-,19?,20?,21?,22-,23+,24+,25-,26-,27-,28+,29+/m0/s1. The number of aliphatic hydroxyl groups excluding tert-OH is 2. The molecule has 2 N–H and O–H groups in total. The van der Waals surface area contributed by atoms with E-state index >= 15 is 0 Å². The van der Waals surface area contributed by atoms with E-state index in [1.165, 1.54) is 39.0 Å². The molecular formula is C29H48O5. The van der Waals surface area contributed by atoms with Crippen LogP contribution in [-0.2, 0) is 14.3 Å². The first-order valence-corrected chi connectivity index (χ1v) is 14.0. The zero-order valence-corrected chi connectivity index (χ0v) is 22.5. The van der Waals surface area contributed by atoms with Gasteiger partial charge in [-0.25, -0.2) is 0 Å². The van der Waals surface area contributed by atoms with Gasteiger partial charge in [-0.3, -0.25) is 4.79 Å². The molecule has 0 bridgehead atoms. The van der Waals surface area contributed by atoms with Gasteiger partial charge in [0.25, 0.3) is 0 Å². The molecule has 4 aliphatic carbocycles. The van der Waals surface area contributed by atoms with Gasteiger partial charge in [0.1, 0.15) is 6.10 Å². The number of hydrogen-bond acceptors (Lipinski definition) is 5. The molecule has 5 fully saturated rings. The molecule has 5 heteroatoms. The van der Waals surface area contributed by atoms with Crippen molar-refractivity contribution in [3.8, 4) is 0 Å². The molecule has 5 rings (SSSR count). The summed E-state index contributed by atoms with van der Waals surface area (Å²) in [6.45, 7) is 15.6. The highest BCUT2D eigenvalue weighted by Gasteiger charge is 2.73. The van der Waals surface area contributed by atoms with Gasteiger partial charge >= 0.3 is 5.97 Å². The minimum atomic E-state index is -0.925. The Kier molecular flexibility index (Phi) is 5.83. The molecule has 0 aromatic carbocycles. The summed E-state index contributed by atoms with van der Waals surface area (Å²) < 4.78 is 12.1. The van der Waals surface area contributed by atoms with Crippen LogP contribution in [0, 0.1) is 51.2 Å². The fourth-order valence-electron chi connectivity index (χ4n) is 11.2. The predicted molar refractivity (Wildman–Crippen MR) is 131 cm³/mol. The minimum Gasteiger partial charge on any atom is -0.462 e. The van der Waals surface area contributed by atoms with Crippen LogP contribution in [0.3, 0.4) is 0 Å². The second-order valence-electron chi connectivity index (χ2n) is 13.9. The highest BCUT2D eigenvalue weighted by Crippen LogP contribution is 2.75. The van der Waals surface area contributed by atoms with Crippen molar-refractivity contribution >= 4 is 5.97 Å². The van der Waals surface area contributed by atoms with Gasteiger partial charge in [0.2, 0.25) is 0 Å². The van der Waals surface area contributed by atoms with E-state index in [2.05, 4.69) is 34.6 Å². The van der Waals surface area contributed by atoms with Crippen LogP contribution in [0.5, 0.6) is 0 Å². The molecule has 0 spiro atoms. The molecule has 1 saturated heterocycles. The molecule has 5 nitrogen and oxygen atoms in total. The van der Waals surface area contributed by atoms with Gasteiger partial charge in [0, 0.05) is 24.2 Å². The van der Waals surface area contributed by atoms with E-state index in [9.17, 15) is 15.0 Å². The van der Waals surface area contributed by atoms with Crippen molar-refractivity contribution in [2.24, 2.45) is 51.2 Å². The number of esters is 1. The monoisotopic (exact) mass is 476 g/mol. The number of rotatable bonds is 2. The third kappa shape index (κ3) is 3.11. The number of carbonyl (C=O) groups is 1. The molecule has 34 heavy (non-hydrogen) atoms. The van der Waals surface area contributed by atoms with Crippen LogP contribution in [0.25, 0.3) is 0 Å². The maximum Gasteiger partial charge on any atom is 0.302 e. The molecule has 0 radical (unpaired) electrons. The van der Waals surface area contributed by atoms with Gasteiger partial charge in [-0.2, -0.15) is 0 Å². The fraction of sp³-hybridized carbons (Fsp3) is 0.966. The van der Waals surface area contributed by atoms with Gasteiger partial charge in [0.15, 0.2) is 6.29 Å². The Morgan fingerprint density at radius 1 is 1.00 bits per heavy atom. The van der Waals surface area contributed by atoms with Gasteiger partial charge in [-0.05, 0) is 79.4 Å². The quantitative estimate of drug-likeness (QED) is 0.528. The summed E-state index contributed by atoms with van der Waals surface area (Å²) in [5.74, 6) is 0.706. The summed E-state index contributed by atoms with van der Waals surface area (Å²) in [7, 11) is 0. The van der Waals surface area contributed by atoms with Crippen LogP contribution in [-0.4, -0.2) is 40.8 Å². The number of ether oxygens (including phenoxy) is 2. The van der Waals surface area contributed by atoms with Crippen LogP contribution in [0.4, 0.5) is 0 Å². The molecule has 0 amide bonds. The summed E-state index contributed by atoms with van der Waals surface area (Å²) in [6.07, 6.45) is 7.09. The summed E-state index contributed by atoms with van der Waals surface area (Å²) in [5, 5.41) is 22.5. The van der Waals surface area contributed by atoms with E-state index in [4.69, 9.17) is 9.47 Å². The predicted octanol–water partition coefficient (Wildman–Crippen LogP) is 5.32. The molecule has 5 aliphatic rings. The topological polar surface area (TPSA) is 76.0 Å². The summed E-state index contributed by atoms with van der Waals surface area (Å²) in [5.41, 5.74) is 0.195. The lowest BCUT2D eigenvalue weighted by molar-refractivity contribution is -0.277. The van der Waals surface area contributed by atoms with Crippen LogP contribution < -0.4 is 0 Å². The van der Waals surface area contributed by atoms with Crippen molar-refractivity contribution in [3.63, 3.8) is 0 Å². The average Bonchev–Trinajstić information content (AvgIpc) is 3.06. The summed E-state index contributed by atoms with van der Waals surface area (Å²) in [6, 6.07) is 0. The number of carbonyl (C=O) groups excluding carboxylic acids is 1. The lowest BCUT2D eigenvalue weighted by Gasteiger charge is -2.72. The van der Waals surface area contributed by atoms with E-state index in [-0.39, 0.29) is 46.8 Å². The molecule has 1 aliphatic heterocycles. The maximum atomic E-state index is 12.4. The van der Waals surface area contributed by atoms with Crippen LogP contribution in [0.15, 0.2) is 0 Å². The summed E-state index contributed by atoms with van der Waals surface area (Å²) in [4.78, 5) is 12.4. The molecule has 1 heterocycles. The number of aliphatic hydroxyl groups is 2. The number of fused-ring (bicyclic) bond motifs is 7. The Morgan fingerprint density at radius 3 is 2.32 bits per heavy atom. The normalized spacial score (nSPS) is 58.8. The van der Waals surface area contributed by atoms with E-state index in [0.29, 0.717) is 23.7 Å². The van der Waals surface area contributed by atoms with Crippen LogP contribution in [0.2, 0.25) is 0 Å². The van der Waals surface area contributed by atoms with Gasteiger partial charge in [-0.1, -0.05) is 47.5 Å². The highest BCUT2D eigenvalue weighted by atomic mass is 16.6. The molecule has 4 saturated carbocycles. The van der Waals surface area contributed by atoms with Crippen molar-refractivity contribution in [1.82, 2.24) is 0 Å². The van der Waals surface area contributed by atoms with E-state index < -0.39 is 17.8 Å². The molecule has 13 atom stereocenters. The zero-order valence-electron chi connectivity index (χ0n) is 22.5. The maximum absolute atomic E-state index is 12.4. The van der Waals surface area contributed by atoms with Crippen LogP contribution >= 0.6 is 0 Å². The van der Waals surface area contributed by atoms with E-state index in [0.717, 1.165) is 12.8 Å². The Bertz CT molecular complexity index is 829. The third-order valence-electron chi connectivity index (χ3n) is 12.7. The second-order valence-corrected chi connectivity index (χ2v) is 13.9. The molecule has 0 aromatic rings. The van der Waals surface area contributed by atoms with Crippen molar-refractivity contribution in [1.29, 1.82) is 0 Å². The Morgan fingerprint density at radius 2 is 1.68 bits per heavy atom. The van der Waals surface area contributed by atoms with E-state index in [1.54, 1.807) is 0 Å². The Hall–Kier alpha value is -0.650. The largest absolute Gasteiger partial charge is 0.462 e. The second kappa shape index (κ2) is 7.92. The van der Waals surface area contributed by atoms with Gasteiger partial charge in [-0.15, -0.1) is 0 Å². The van der Waals surface area contributed by atoms with Crippen molar-refractivity contribution in [2.45, 2.75) is 124 Å². The van der Waals surface area contributed by atoms with Gasteiger partial charge < -0.3 is 19.7 Å². The lowest BCUT2D eigenvalue weighted by atomic mass is 9.33. The SMILES string of the molecule is CC[C@@]1(C)CCC[C@@]2(C)C1CC[C@]1(C)C2C[C@H](OC(C)=O)[C@@]2(C)C1C[C@H](O)[C@@H]1[C@@H]2[C@@H](O)O[C@H]1C. The zero-order chi connectivity index (χ0) is 24.8. The average molecular weight is 477 g/mol. The highest BCUT2D eigenvalue weighted by molar-refractivity contribution is 5.66. The van der Waals surface area contributed by atoms with Gasteiger partial charge in [0.05, 0.1) is 12.2 Å². The number of hydrogen-bond donors (Lipinski definition) is 2. The molecule has 0 aromatic heterocycles. The Labute approximate surface area is 206 Å². The van der Waals surface area contributed by atoms with Crippen molar-refractivity contribution in [2.75, 3.05) is 0 Å². The summed E-state index contributed by atoms with van der Waals surface area (Å²) >= 11 is 0. The fourth-order valence-corrected chi connectivity index (χ4v) is 11.2. The molecule has 194 valence electrons. The van der Waals surface area contributed by atoms with Crippen molar-refractivity contribution < 1.29 is 24.5 Å². The first kappa shape index (κ1) is 25.0. The lowest BCUT2D eigenvalue weighted by Crippen LogP contribution is -2.69. The molecular weight excluding hydrogens is 428 g/mol. The third-order valence-corrected chi connectivity index (χ3v) is 12.7. The first-order chi connectivity index (χ1) is 15.8. The Balaban J connectivity index is 1.62. The van der Waals surface area contributed by atoms with Crippen LogP contribution in [0.1, 0.15) is 99.8 Å². The minimum absolute atomic E-state index is 0.0418. The first-order valence-electron chi connectivity index (χ1n) is 14.0. The smallest absolute Gasteiger partial charge is 0.302 e.